The van der Waals surface area contributed by atoms with E-state index < -0.39 is 0 Å². The van der Waals surface area contributed by atoms with Crippen molar-refractivity contribution in [3.63, 3.8) is 0 Å². The minimum Gasteiger partial charge on any atom is -0.337 e. The zero-order valence-corrected chi connectivity index (χ0v) is 11.3. The van der Waals surface area contributed by atoms with E-state index in [1.807, 2.05) is 29.2 Å². The van der Waals surface area contributed by atoms with Crippen LogP contribution in [0.1, 0.15) is 23.3 Å². The zero-order chi connectivity index (χ0) is 13.9. The van der Waals surface area contributed by atoms with Crippen LogP contribution in [0.5, 0.6) is 0 Å². The fourth-order valence-electron chi connectivity index (χ4n) is 2.59. The van der Waals surface area contributed by atoms with Crippen LogP contribution in [0.25, 0.3) is 11.0 Å². The van der Waals surface area contributed by atoms with Crippen LogP contribution in [0.4, 0.5) is 0 Å². The van der Waals surface area contributed by atoms with Gasteiger partial charge in [0.1, 0.15) is 5.69 Å². The molecule has 0 radical (unpaired) electrons. The number of hydrogen-bond acceptors (Lipinski definition) is 4. The number of nitrogens with two attached hydrogens (primary N) is 1. The molecule has 5 nitrogen and oxygen atoms in total. The van der Waals surface area contributed by atoms with E-state index in [1.54, 1.807) is 6.20 Å². The second-order valence-electron chi connectivity index (χ2n) is 5.22. The van der Waals surface area contributed by atoms with E-state index in [0.29, 0.717) is 18.2 Å². The number of para-hydroxylation sites is 2. The number of hydrogen-bond donors (Lipinski definition) is 1. The van der Waals surface area contributed by atoms with Crippen LogP contribution < -0.4 is 5.73 Å². The molecule has 0 atom stereocenters. The quantitative estimate of drug-likeness (QED) is 0.896. The number of nitrogens with zero attached hydrogens (tertiary/aromatic N) is 3. The molecule has 1 saturated heterocycles. The number of carbonyl (C=O) groups is 1. The van der Waals surface area contributed by atoms with E-state index >= 15 is 0 Å². The standard InChI is InChI=1S/C15H18N4O/c16-9-11-5-7-19(8-6-11)15(20)14-10-17-12-3-1-2-4-13(12)18-14/h1-4,10-11H,5-9,16H2. The predicted octanol–water partition coefficient (Wildman–Crippen LogP) is 1.44. The normalized spacial score (nSPS) is 16.6. The summed E-state index contributed by atoms with van der Waals surface area (Å²) in [4.78, 5) is 23.0. The highest BCUT2D eigenvalue weighted by Gasteiger charge is 2.23. The Kier molecular flexibility index (Phi) is 3.60. The van der Waals surface area contributed by atoms with Crippen LogP contribution in [-0.2, 0) is 0 Å². The summed E-state index contributed by atoms with van der Waals surface area (Å²) in [6, 6.07) is 7.58. The average molecular weight is 270 g/mol. The van der Waals surface area contributed by atoms with Crippen LogP contribution in [0, 0.1) is 5.92 Å². The molecule has 1 fully saturated rings. The maximum Gasteiger partial charge on any atom is 0.274 e. The van der Waals surface area contributed by atoms with Crippen molar-refractivity contribution in [2.24, 2.45) is 11.7 Å². The van der Waals surface area contributed by atoms with E-state index in [-0.39, 0.29) is 5.91 Å². The molecule has 104 valence electrons. The maximum atomic E-state index is 12.4. The van der Waals surface area contributed by atoms with Crippen molar-refractivity contribution in [3.05, 3.63) is 36.2 Å². The first kappa shape index (κ1) is 13.0. The molecule has 0 aliphatic carbocycles. The van der Waals surface area contributed by atoms with Gasteiger partial charge in [-0.05, 0) is 37.4 Å². The zero-order valence-electron chi connectivity index (χ0n) is 11.3. The van der Waals surface area contributed by atoms with Gasteiger partial charge in [-0.25, -0.2) is 4.98 Å². The van der Waals surface area contributed by atoms with Crippen molar-refractivity contribution in [2.75, 3.05) is 19.6 Å². The van der Waals surface area contributed by atoms with Crippen molar-refractivity contribution in [2.45, 2.75) is 12.8 Å². The summed E-state index contributed by atoms with van der Waals surface area (Å²) >= 11 is 0. The van der Waals surface area contributed by atoms with Gasteiger partial charge in [-0.2, -0.15) is 0 Å². The fourth-order valence-corrected chi connectivity index (χ4v) is 2.59. The molecular weight excluding hydrogens is 252 g/mol. The molecule has 1 amide bonds. The molecule has 2 N–H and O–H groups in total. The summed E-state index contributed by atoms with van der Waals surface area (Å²) in [5, 5.41) is 0. The number of fused-ring (bicyclic) bond motifs is 1. The second-order valence-corrected chi connectivity index (χ2v) is 5.22. The maximum absolute atomic E-state index is 12.4. The Labute approximate surface area is 117 Å². The van der Waals surface area contributed by atoms with Gasteiger partial charge in [0.05, 0.1) is 17.2 Å². The largest absolute Gasteiger partial charge is 0.337 e. The Morgan fingerprint density at radius 2 is 1.95 bits per heavy atom. The summed E-state index contributed by atoms with van der Waals surface area (Å²) in [6.07, 6.45) is 3.52. The van der Waals surface area contributed by atoms with E-state index in [0.717, 1.165) is 37.0 Å². The Morgan fingerprint density at radius 1 is 1.25 bits per heavy atom. The van der Waals surface area contributed by atoms with Gasteiger partial charge < -0.3 is 10.6 Å². The number of piperidine rings is 1. The number of benzene rings is 1. The Bertz CT molecular complexity index is 620. The molecule has 1 aliphatic rings. The lowest BCUT2D eigenvalue weighted by Crippen LogP contribution is -2.40. The average Bonchev–Trinajstić information content (AvgIpc) is 2.54. The molecule has 2 heterocycles. The summed E-state index contributed by atoms with van der Waals surface area (Å²) in [5.74, 6) is 0.514. The number of aromatic nitrogens is 2. The van der Waals surface area contributed by atoms with Gasteiger partial charge >= 0.3 is 0 Å². The highest BCUT2D eigenvalue weighted by Crippen LogP contribution is 2.18. The van der Waals surface area contributed by atoms with Crippen molar-refractivity contribution >= 4 is 16.9 Å². The van der Waals surface area contributed by atoms with Crippen molar-refractivity contribution < 1.29 is 4.79 Å². The lowest BCUT2D eigenvalue weighted by atomic mass is 9.97. The molecule has 0 saturated carbocycles. The number of likely N-dealkylation sites (tertiary alicyclic amines) is 1. The summed E-state index contributed by atoms with van der Waals surface area (Å²) < 4.78 is 0. The van der Waals surface area contributed by atoms with E-state index in [2.05, 4.69) is 9.97 Å². The van der Waals surface area contributed by atoms with E-state index in [1.165, 1.54) is 0 Å². The second kappa shape index (κ2) is 5.54. The van der Waals surface area contributed by atoms with Crippen LogP contribution >= 0.6 is 0 Å². The van der Waals surface area contributed by atoms with Crippen LogP contribution in [-0.4, -0.2) is 40.4 Å². The molecule has 1 aromatic carbocycles. The van der Waals surface area contributed by atoms with Gasteiger partial charge in [-0.3, -0.25) is 9.78 Å². The van der Waals surface area contributed by atoms with Crippen molar-refractivity contribution in [3.8, 4) is 0 Å². The van der Waals surface area contributed by atoms with Gasteiger partial charge in [0, 0.05) is 13.1 Å². The summed E-state index contributed by atoms with van der Waals surface area (Å²) in [5.41, 5.74) is 7.67. The van der Waals surface area contributed by atoms with Crippen molar-refractivity contribution in [1.82, 2.24) is 14.9 Å². The Morgan fingerprint density at radius 3 is 2.65 bits per heavy atom. The molecule has 2 aromatic rings. The minimum atomic E-state index is -0.0290. The lowest BCUT2D eigenvalue weighted by molar-refractivity contribution is 0.0687. The number of amides is 1. The molecule has 1 aromatic heterocycles. The first-order chi connectivity index (χ1) is 9.78. The lowest BCUT2D eigenvalue weighted by Gasteiger charge is -2.31. The van der Waals surface area contributed by atoms with E-state index in [4.69, 9.17) is 5.73 Å². The highest BCUT2D eigenvalue weighted by atomic mass is 16.2. The number of carbonyl (C=O) groups excluding carboxylic acids is 1. The van der Waals surface area contributed by atoms with Gasteiger partial charge in [-0.15, -0.1) is 0 Å². The van der Waals surface area contributed by atoms with Gasteiger partial charge in [0.25, 0.3) is 5.91 Å². The molecule has 1 aliphatic heterocycles. The van der Waals surface area contributed by atoms with Gasteiger partial charge in [0.15, 0.2) is 0 Å². The first-order valence-electron chi connectivity index (χ1n) is 6.99. The first-order valence-corrected chi connectivity index (χ1v) is 6.99. The Hall–Kier alpha value is -2.01. The number of rotatable bonds is 2. The third kappa shape index (κ3) is 2.49. The third-order valence-electron chi connectivity index (χ3n) is 3.90. The van der Waals surface area contributed by atoms with Gasteiger partial charge in [0.2, 0.25) is 0 Å². The van der Waals surface area contributed by atoms with Crippen LogP contribution in [0.2, 0.25) is 0 Å². The predicted molar refractivity (Wildman–Crippen MR) is 77.2 cm³/mol. The van der Waals surface area contributed by atoms with Crippen LogP contribution in [0.15, 0.2) is 30.5 Å². The van der Waals surface area contributed by atoms with E-state index in [9.17, 15) is 4.79 Å². The topological polar surface area (TPSA) is 72.1 Å². The third-order valence-corrected chi connectivity index (χ3v) is 3.90. The SMILES string of the molecule is NCC1CCN(C(=O)c2cnc3ccccc3n2)CC1. The molecule has 0 unspecified atom stereocenters. The van der Waals surface area contributed by atoms with Crippen molar-refractivity contribution in [1.29, 1.82) is 0 Å². The minimum absolute atomic E-state index is 0.0290. The Balaban J connectivity index is 1.79. The molecule has 3 rings (SSSR count). The highest BCUT2D eigenvalue weighted by molar-refractivity contribution is 5.93. The summed E-state index contributed by atoms with van der Waals surface area (Å²) in [7, 11) is 0. The molecule has 0 spiro atoms. The summed E-state index contributed by atoms with van der Waals surface area (Å²) in [6.45, 7) is 2.22. The molecule has 0 bridgehead atoms. The van der Waals surface area contributed by atoms with Gasteiger partial charge in [-0.1, -0.05) is 12.1 Å². The molecule has 5 heteroatoms. The monoisotopic (exact) mass is 270 g/mol. The van der Waals surface area contributed by atoms with Crippen LogP contribution in [0.3, 0.4) is 0 Å². The fraction of sp³-hybridized carbons (Fsp3) is 0.400. The smallest absolute Gasteiger partial charge is 0.274 e. The molecule has 20 heavy (non-hydrogen) atoms. The molecular formula is C15H18N4O.